The third-order valence-corrected chi connectivity index (χ3v) is 9.55. The summed E-state index contributed by atoms with van der Waals surface area (Å²) in [7, 11) is 1.59. The molecule has 0 unspecified atom stereocenters. The summed E-state index contributed by atoms with van der Waals surface area (Å²) in [6, 6.07) is 6.50. The minimum atomic E-state index is -1.11. The lowest BCUT2D eigenvalue weighted by molar-refractivity contribution is -0.145. The van der Waals surface area contributed by atoms with Gasteiger partial charge in [-0.2, -0.15) is 0 Å². The van der Waals surface area contributed by atoms with E-state index in [9.17, 15) is 14.4 Å². The molecule has 2 saturated carbocycles. The molecule has 2 N–H and O–H groups in total. The molecule has 0 aromatic heterocycles. The Morgan fingerprint density at radius 2 is 1.71 bits per heavy atom. The van der Waals surface area contributed by atoms with E-state index in [1.165, 1.54) is 6.42 Å². The van der Waals surface area contributed by atoms with E-state index < -0.39 is 29.6 Å². The van der Waals surface area contributed by atoms with Crippen molar-refractivity contribution in [3.8, 4) is 5.75 Å². The van der Waals surface area contributed by atoms with Gasteiger partial charge in [0.2, 0.25) is 17.7 Å². The summed E-state index contributed by atoms with van der Waals surface area (Å²) in [5.74, 6) is -0.586. The minimum Gasteiger partial charge on any atom is -0.497 e. The molecule has 5 aliphatic rings. The number of anilines is 1. The van der Waals surface area contributed by atoms with Crippen LogP contribution in [0.15, 0.2) is 36.4 Å². The Labute approximate surface area is 224 Å². The maximum atomic E-state index is 14.2. The minimum absolute atomic E-state index is 0.0119. The summed E-state index contributed by atoms with van der Waals surface area (Å²) in [5.41, 5.74) is -0.474. The molecule has 6 rings (SSSR count). The van der Waals surface area contributed by atoms with Gasteiger partial charge < -0.3 is 25.0 Å². The van der Waals surface area contributed by atoms with Gasteiger partial charge >= 0.3 is 0 Å². The van der Waals surface area contributed by atoms with Crippen LogP contribution >= 0.6 is 0 Å². The highest BCUT2D eigenvalue weighted by Crippen LogP contribution is 2.56. The Morgan fingerprint density at radius 3 is 2.39 bits per heavy atom. The number of nitrogens with one attached hydrogen (secondary N) is 2. The zero-order valence-electron chi connectivity index (χ0n) is 22.4. The van der Waals surface area contributed by atoms with E-state index in [1.807, 2.05) is 17.1 Å². The number of hydrogen-bond acceptors (Lipinski definition) is 5. The Bertz CT molecular complexity index is 1110. The van der Waals surface area contributed by atoms with Crippen molar-refractivity contribution in [2.24, 2.45) is 17.8 Å². The molecule has 2 aliphatic carbocycles. The van der Waals surface area contributed by atoms with Gasteiger partial charge in [-0.3, -0.25) is 14.4 Å². The van der Waals surface area contributed by atoms with Gasteiger partial charge in [-0.05, 0) is 68.7 Å². The van der Waals surface area contributed by atoms with Crippen LogP contribution in [-0.2, 0) is 19.1 Å². The number of nitrogens with zero attached hydrogens (tertiary/aromatic N) is 1. The average molecular weight is 522 g/mol. The molecule has 4 fully saturated rings. The van der Waals surface area contributed by atoms with Crippen molar-refractivity contribution in [2.75, 3.05) is 12.4 Å². The SMILES string of the molecule is COc1ccc(NC(=O)[C@H]2[C@@H]3C=C[C@]4(O3)[C@@H]2C(=O)N(C2CCC(C)CC2)[C@H]4C(=O)NC2CCCCC2)cc1. The Hall–Kier alpha value is -2.87. The molecule has 1 aromatic rings. The second kappa shape index (κ2) is 10.0. The Kier molecular flexibility index (Phi) is 6.70. The van der Waals surface area contributed by atoms with Crippen LogP contribution in [0.4, 0.5) is 5.69 Å². The third-order valence-electron chi connectivity index (χ3n) is 9.55. The van der Waals surface area contributed by atoms with E-state index in [-0.39, 0.29) is 29.8 Å². The molecule has 2 saturated heterocycles. The second-order valence-electron chi connectivity index (χ2n) is 11.9. The summed E-state index contributed by atoms with van der Waals surface area (Å²) in [6.07, 6.45) is 12.4. The normalized spacial score (nSPS) is 36.3. The molecule has 3 heterocycles. The van der Waals surface area contributed by atoms with Gasteiger partial charge in [0.05, 0.1) is 25.0 Å². The van der Waals surface area contributed by atoms with E-state index in [1.54, 1.807) is 31.4 Å². The van der Waals surface area contributed by atoms with Crippen LogP contribution in [0.25, 0.3) is 0 Å². The number of hydrogen-bond donors (Lipinski definition) is 2. The van der Waals surface area contributed by atoms with E-state index in [0.29, 0.717) is 17.4 Å². The topological polar surface area (TPSA) is 97.0 Å². The number of rotatable bonds is 6. The van der Waals surface area contributed by atoms with Crippen molar-refractivity contribution in [3.63, 3.8) is 0 Å². The quantitative estimate of drug-likeness (QED) is 0.555. The molecule has 0 radical (unpaired) electrons. The number of fused-ring (bicyclic) bond motifs is 1. The van der Waals surface area contributed by atoms with Crippen LogP contribution in [-0.4, -0.2) is 59.6 Å². The Balaban J connectivity index is 1.30. The van der Waals surface area contributed by atoms with Crippen LogP contribution in [0.5, 0.6) is 5.75 Å². The monoisotopic (exact) mass is 521 g/mol. The van der Waals surface area contributed by atoms with Crippen molar-refractivity contribution in [1.29, 1.82) is 0 Å². The Morgan fingerprint density at radius 1 is 1.00 bits per heavy atom. The molecule has 204 valence electrons. The van der Waals surface area contributed by atoms with Gasteiger partial charge in [0.15, 0.2) is 0 Å². The van der Waals surface area contributed by atoms with Gasteiger partial charge in [0.25, 0.3) is 0 Å². The van der Waals surface area contributed by atoms with Gasteiger partial charge in [0.1, 0.15) is 17.4 Å². The summed E-state index contributed by atoms with van der Waals surface area (Å²) in [5, 5.41) is 6.27. The lowest BCUT2D eigenvalue weighted by Gasteiger charge is -2.40. The van der Waals surface area contributed by atoms with Gasteiger partial charge in [-0.1, -0.05) is 38.3 Å². The van der Waals surface area contributed by atoms with Gasteiger partial charge in [0, 0.05) is 17.8 Å². The summed E-state index contributed by atoms with van der Waals surface area (Å²) in [6.45, 7) is 2.25. The predicted molar refractivity (Wildman–Crippen MR) is 142 cm³/mol. The molecule has 8 heteroatoms. The first-order chi connectivity index (χ1) is 18.4. The predicted octanol–water partition coefficient (Wildman–Crippen LogP) is 3.81. The molecule has 38 heavy (non-hydrogen) atoms. The van der Waals surface area contributed by atoms with Crippen LogP contribution in [0.1, 0.15) is 64.7 Å². The second-order valence-corrected chi connectivity index (χ2v) is 11.9. The van der Waals surface area contributed by atoms with Crippen molar-refractivity contribution >= 4 is 23.4 Å². The number of ether oxygens (including phenoxy) is 2. The lowest BCUT2D eigenvalue weighted by atomic mass is 9.74. The highest BCUT2D eigenvalue weighted by molar-refractivity contribution is 6.03. The zero-order chi connectivity index (χ0) is 26.4. The highest BCUT2D eigenvalue weighted by atomic mass is 16.5. The van der Waals surface area contributed by atoms with Gasteiger partial charge in [-0.15, -0.1) is 0 Å². The maximum absolute atomic E-state index is 14.2. The summed E-state index contributed by atoms with van der Waals surface area (Å²) >= 11 is 0. The molecule has 3 amide bonds. The number of carbonyl (C=O) groups is 3. The lowest BCUT2D eigenvalue weighted by Crippen LogP contribution is -2.58. The van der Waals surface area contributed by atoms with E-state index in [2.05, 4.69) is 17.6 Å². The smallest absolute Gasteiger partial charge is 0.246 e. The largest absolute Gasteiger partial charge is 0.497 e. The van der Waals surface area contributed by atoms with E-state index in [0.717, 1.165) is 51.4 Å². The third kappa shape index (κ3) is 4.21. The summed E-state index contributed by atoms with van der Waals surface area (Å²) < 4.78 is 11.7. The first kappa shape index (κ1) is 25.4. The fraction of sp³-hybridized carbons (Fsp3) is 0.633. The molecular formula is C30H39N3O5. The zero-order valence-corrected chi connectivity index (χ0v) is 22.4. The van der Waals surface area contributed by atoms with E-state index in [4.69, 9.17) is 9.47 Å². The number of benzene rings is 1. The van der Waals surface area contributed by atoms with Crippen LogP contribution in [0, 0.1) is 17.8 Å². The molecule has 1 spiro atoms. The molecule has 8 nitrogen and oxygen atoms in total. The van der Waals surface area contributed by atoms with Crippen molar-refractivity contribution < 1.29 is 23.9 Å². The van der Waals surface area contributed by atoms with E-state index >= 15 is 0 Å². The molecule has 5 atom stereocenters. The first-order valence-electron chi connectivity index (χ1n) is 14.4. The highest BCUT2D eigenvalue weighted by Gasteiger charge is 2.73. The van der Waals surface area contributed by atoms with Crippen molar-refractivity contribution in [3.05, 3.63) is 36.4 Å². The molecule has 2 bridgehead atoms. The fourth-order valence-corrected chi connectivity index (χ4v) is 7.55. The van der Waals surface area contributed by atoms with Gasteiger partial charge in [-0.25, -0.2) is 0 Å². The first-order valence-corrected chi connectivity index (χ1v) is 14.4. The fourth-order valence-electron chi connectivity index (χ4n) is 7.55. The maximum Gasteiger partial charge on any atom is 0.246 e. The number of carbonyl (C=O) groups excluding carboxylic acids is 3. The molecule has 3 aliphatic heterocycles. The molecular weight excluding hydrogens is 482 g/mol. The molecule has 1 aromatic carbocycles. The van der Waals surface area contributed by atoms with Crippen molar-refractivity contribution in [2.45, 2.75) is 94.5 Å². The number of likely N-dealkylation sites (tertiary alicyclic amines) is 1. The summed E-state index contributed by atoms with van der Waals surface area (Å²) in [4.78, 5) is 43.7. The van der Waals surface area contributed by atoms with Crippen LogP contribution < -0.4 is 15.4 Å². The number of amides is 3. The van der Waals surface area contributed by atoms with Crippen LogP contribution in [0.2, 0.25) is 0 Å². The van der Waals surface area contributed by atoms with Crippen LogP contribution in [0.3, 0.4) is 0 Å². The standard InChI is InChI=1S/C30H39N3O5/c1-18-8-12-21(13-9-18)33-26(28(35)32-19-6-4-3-5-7-19)30-17-16-23(38-30)24(25(30)29(33)36)27(34)31-20-10-14-22(37-2)15-11-20/h10-11,14-19,21,23-26H,3-9,12-13H2,1-2H3,(H,31,34)(H,32,35)/t18?,21?,23-,24-,25-,26-,30-/m0/s1. The van der Waals surface area contributed by atoms with Crippen molar-refractivity contribution in [1.82, 2.24) is 10.2 Å². The average Bonchev–Trinajstić information content (AvgIpc) is 3.57. The number of methoxy groups -OCH3 is 1.